The Morgan fingerprint density at radius 1 is 1.33 bits per heavy atom. The molecule has 0 bridgehead atoms. The van der Waals surface area contributed by atoms with Crippen LogP contribution >= 0.6 is 15.9 Å². The normalized spacial score (nSPS) is 15.3. The van der Waals surface area contributed by atoms with Crippen LogP contribution in [0.5, 0.6) is 0 Å². The highest BCUT2D eigenvalue weighted by atomic mass is 79.9. The van der Waals surface area contributed by atoms with Crippen molar-refractivity contribution >= 4 is 39.4 Å². The quantitative estimate of drug-likeness (QED) is 0.830. The van der Waals surface area contributed by atoms with Gasteiger partial charge in [0.05, 0.1) is 11.6 Å². The molecule has 0 saturated carbocycles. The molecule has 1 aromatic heterocycles. The van der Waals surface area contributed by atoms with Crippen LogP contribution in [0, 0.1) is 12.8 Å². The molecule has 0 radical (unpaired) electrons. The second-order valence-electron chi connectivity index (χ2n) is 5.95. The molecule has 3 rings (SSSR count). The third-order valence-corrected chi connectivity index (χ3v) is 4.84. The lowest BCUT2D eigenvalue weighted by Crippen LogP contribution is -2.36. The van der Waals surface area contributed by atoms with Crippen LogP contribution in [0.2, 0.25) is 0 Å². The van der Waals surface area contributed by atoms with E-state index in [1.54, 1.807) is 6.20 Å². The number of hydrogen-bond donors (Lipinski definition) is 2. The maximum Gasteiger partial charge on any atom is 0.306 e. The summed E-state index contributed by atoms with van der Waals surface area (Å²) in [4.78, 5) is 22.0. The SMILES string of the molecule is Cc1ccc(Nc2nccc(N3CCC(C(=O)O)CC3)n2)c(Br)c1. The van der Waals surface area contributed by atoms with Gasteiger partial charge < -0.3 is 15.3 Å². The Kier molecular flexibility index (Phi) is 4.99. The number of nitrogens with zero attached hydrogens (tertiary/aromatic N) is 3. The average molecular weight is 391 g/mol. The summed E-state index contributed by atoms with van der Waals surface area (Å²) in [7, 11) is 0. The first-order valence-corrected chi connectivity index (χ1v) is 8.66. The highest BCUT2D eigenvalue weighted by Crippen LogP contribution is 2.27. The van der Waals surface area contributed by atoms with Crippen molar-refractivity contribution in [3.05, 3.63) is 40.5 Å². The highest BCUT2D eigenvalue weighted by molar-refractivity contribution is 9.10. The Hall–Kier alpha value is -2.15. The predicted octanol–water partition coefficient (Wildman–Crippen LogP) is 3.59. The van der Waals surface area contributed by atoms with Crippen molar-refractivity contribution in [2.24, 2.45) is 5.92 Å². The second kappa shape index (κ2) is 7.17. The molecule has 1 aromatic carbocycles. The summed E-state index contributed by atoms with van der Waals surface area (Å²) in [6, 6.07) is 7.89. The van der Waals surface area contributed by atoms with E-state index in [1.165, 1.54) is 5.56 Å². The molecule has 0 amide bonds. The Morgan fingerprint density at radius 2 is 2.08 bits per heavy atom. The number of aryl methyl sites for hydroxylation is 1. The van der Waals surface area contributed by atoms with Crippen molar-refractivity contribution in [1.29, 1.82) is 0 Å². The monoisotopic (exact) mass is 390 g/mol. The van der Waals surface area contributed by atoms with E-state index in [-0.39, 0.29) is 5.92 Å². The van der Waals surface area contributed by atoms with Crippen LogP contribution in [0.4, 0.5) is 17.5 Å². The maximum absolute atomic E-state index is 11.1. The first-order valence-electron chi connectivity index (χ1n) is 7.87. The minimum absolute atomic E-state index is 0.246. The summed E-state index contributed by atoms with van der Waals surface area (Å²) >= 11 is 3.54. The van der Waals surface area contributed by atoms with Gasteiger partial charge in [-0.3, -0.25) is 4.79 Å². The number of carbonyl (C=O) groups is 1. The Bertz CT molecular complexity index is 745. The molecule has 1 saturated heterocycles. The third kappa shape index (κ3) is 3.84. The van der Waals surface area contributed by atoms with Gasteiger partial charge in [-0.2, -0.15) is 4.98 Å². The number of nitrogens with one attached hydrogen (secondary N) is 1. The molecular weight excluding hydrogens is 372 g/mol. The number of carboxylic acids is 1. The number of carboxylic acid groups (broad SMARTS) is 1. The minimum atomic E-state index is -0.705. The molecule has 2 heterocycles. The number of hydrogen-bond acceptors (Lipinski definition) is 5. The Morgan fingerprint density at radius 3 is 2.75 bits per heavy atom. The zero-order chi connectivity index (χ0) is 17.1. The van der Waals surface area contributed by atoms with E-state index in [2.05, 4.69) is 36.1 Å². The molecule has 126 valence electrons. The summed E-state index contributed by atoms with van der Waals surface area (Å²) in [6.07, 6.45) is 3.01. The lowest BCUT2D eigenvalue weighted by molar-refractivity contribution is -0.142. The van der Waals surface area contributed by atoms with Crippen molar-refractivity contribution in [3.63, 3.8) is 0 Å². The van der Waals surface area contributed by atoms with Gasteiger partial charge in [0.2, 0.25) is 5.95 Å². The first kappa shape index (κ1) is 16.7. The zero-order valence-corrected chi connectivity index (χ0v) is 15.0. The lowest BCUT2D eigenvalue weighted by atomic mass is 9.97. The van der Waals surface area contributed by atoms with Gasteiger partial charge in [0.15, 0.2) is 0 Å². The molecule has 6 nitrogen and oxygen atoms in total. The van der Waals surface area contributed by atoms with Crippen molar-refractivity contribution in [3.8, 4) is 0 Å². The molecule has 24 heavy (non-hydrogen) atoms. The predicted molar refractivity (Wildman–Crippen MR) is 96.8 cm³/mol. The van der Waals surface area contributed by atoms with Crippen LogP contribution in [0.15, 0.2) is 34.9 Å². The first-order chi connectivity index (χ1) is 11.5. The van der Waals surface area contributed by atoms with E-state index in [4.69, 9.17) is 5.11 Å². The van der Waals surface area contributed by atoms with Gasteiger partial charge in [-0.25, -0.2) is 4.98 Å². The molecule has 7 heteroatoms. The second-order valence-corrected chi connectivity index (χ2v) is 6.80. The third-order valence-electron chi connectivity index (χ3n) is 4.18. The van der Waals surface area contributed by atoms with Crippen molar-refractivity contribution in [2.45, 2.75) is 19.8 Å². The molecule has 1 aliphatic rings. The van der Waals surface area contributed by atoms with Crippen LogP contribution in [0.1, 0.15) is 18.4 Å². The summed E-state index contributed by atoms with van der Waals surface area (Å²) in [5.41, 5.74) is 2.07. The standard InChI is InChI=1S/C17H19BrN4O2/c1-11-2-3-14(13(18)10-11)20-17-19-7-4-15(21-17)22-8-5-12(6-9-22)16(23)24/h2-4,7,10,12H,5-6,8-9H2,1H3,(H,23,24)(H,19,20,21). The zero-order valence-electron chi connectivity index (χ0n) is 13.4. The topological polar surface area (TPSA) is 78.4 Å². The van der Waals surface area contributed by atoms with E-state index in [0.717, 1.165) is 16.0 Å². The minimum Gasteiger partial charge on any atom is -0.481 e. The molecular formula is C17H19BrN4O2. The fourth-order valence-electron chi connectivity index (χ4n) is 2.78. The molecule has 0 aliphatic carbocycles. The Balaban J connectivity index is 1.71. The largest absolute Gasteiger partial charge is 0.481 e. The maximum atomic E-state index is 11.1. The molecule has 2 aromatic rings. The molecule has 0 atom stereocenters. The van der Waals surface area contributed by atoms with Gasteiger partial charge in [0.25, 0.3) is 0 Å². The van der Waals surface area contributed by atoms with Gasteiger partial charge in [-0.1, -0.05) is 6.07 Å². The summed E-state index contributed by atoms with van der Waals surface area (Å²) < 4.78 is 0.957. The fourth-order valence-corrected chi connectivity index (χ4v) is 3.38. The molecule has 1 fully saturated rings. The van der Waals surface area contributed by atoms with E-state index in [9.17, 15) is 4.79 Å². The van der Waals surface area contributed by atoms with Crippen LogP contribution in [-0.4, -0.2) is 34.1 Å². The number of aromatic nitrogens is 2. The number of benzene rings is 1. The van der Waals surface area contributed by atoms with Crippen molar-refractivity contribution < 1.29 is 9.90 Å². The van der Waals surface area contributed by atoms with Crippen LogP contribution < -0.4 is 10.2 Å². The average Bonchev–Trinajstić information content (AvgIpc) is 2.58. The number of rotatable bonds is 4. The van der Waals surface area contributed by atoms with Gasteiger partial charge >= 0.3 is 5.97 Å². The van der Waals surface area contributed by atoms with Gasteiger partial charge in [-0.15, -0.1) is 0 Å². The number of aliphatic carboxylic acids is 1. The van der Waals surface area contributed by atoms with Crippen molar-refractivity contribution in [1.82, 2.24) is 9.97 Å². The van der Waals surface area contributed by atoms with Crippen molar-refractivity contribution in [2.75, 3.05) is 23.3 Å². The van der Waals surface area contributed by atoms with E-state index in [0.29, 0.717) is 31.9 Å². The van der Waals surface area contributed by atoms with E-state index >= 15 is 0 Å². The highest BCUT2D eigenvalue weighted by Gasteiger charge is 2.25. The lowest BCUT2D eigenvalue weighted by Gasteiger charge is -2.31. The number of halogens is 1. The van der Waals surface area contributed by atoms with Gasteiger partial charge in [0, 0.05) is 23.8 Å². The fraction of sp³-hybridized carbons (Fsp3) is 0.353. The smallest absolute Gasteiger partial charge is 0.306 e. The van der Waals surface area contributed by atoms with Gasteiger partial charge in [-0.05, 0) is 59.5 Å². The van der Waals surface area contributed by atoms with Crippen LogP contribution in [0.25, 0.3) is 0 Å². The van der Waals surface area contributed by atoms with Gasteiger partial charge in [0.1, 0.15) is 5.82 Å². The molecule has 2 N–H and O–H groups in total. The summed E-state index contributed by atoms with van der Waals surface area (Å²) in [5, 5.41) is 12.3. The summed E-state index contributed by atoms with van der Waals surface area (Å²) in [6.45, 7) is 3.43. The number of anilines is 3. The molecule has 0 spiro atoms. The molecule has 1 aliphatic heterocycles. The van der Waals surface area contributed by atoms with Crippen LogP contribution in [0.3, 0.4) is 0 Å². The number of piperidine rings is 1. The van der Waals surface area contributed by atoms with E-state index in [1.807, 2.05) is 31.2 Å². The summed E-state index contributed by atoms with van der Waals surface area (Å²) in [5.74, 6) is 0.394. The van der Waals surface area contributed by atoms with Crippen LogP contribution in [-0.2, 0) is 4.79 Å². The van der Waals surface area contributed by atoms with E-state index < -0.39 is 5.97 Å². The molecule has 0 unspecified atom stereocenters. The Labute approximate surface area is 149 Å².